The molecular formula is C73H66N6. The van der Waals surface area contributed by atoms with Gasteiger partial charge in [0.25, 0.3) is 0 Å². The van der Waals surface area contributed by atoms with Crippen molar-refractivity contribution in [2.75, 3.05) is 0 Å². The van der Waals surface area contributed by atoms with E-state index in [9.17, 15) is 15.8 Å². The molecule has 3 aromatic heterocycles. The van der Waals surface area contributed by atoms with Crippen LogP contribution in [0.3, 0.4) is 0 Å². The number of hydrogen-bond acceptors (Lipinski definition) is 3. The molecule has 0 radical (unpaired) electrons. The lowest BCUT2D eigenvalue weighted by Crippen LogP contribution is -2.23. The maximum absolute atomic E-state index is 12.3. The Morgan fingerprint density at radius 1 is 0.380 bits per heavy atom. The van der Waals surface area contributed by atoms with E-state index in [1.165, 1.54) is 16.7 Å². The van der Waals surface area contributed by atoms with Gasteiger partial charge in [0.2, 0.25) is 0 Å². The number of hydrogen-bond donors (Lipinski definition) is 0. The van der Waals surface area contributed by atoms with Crippen LogP contribution in [-0.4, -0.2) is 13.7 Å². The van der Waals surface area contributed by atoms with Crippen LogP contribution in [0, 0.1) is 45.3 Å². The van der Waals surface area contributed by atoms with Crippen LogP contribution in [0.2, 0.25) is 0 Å². The molecule has 0 saturated heterocycles. The Hall–Kier alpha value is -8.89. The van der Waals surface area contributed by atoms with E-state index >= 15 is 0 Å². The number of rotatable bonds is 5. The zero-order valence-electron chi connectivity index (χ0n) is 47.6. The van der Waals surface area contributed by atoms with Crippen LogP contribution in [0.15, 0.2) is 158 Å². The Morgan fingerprint density at radius 2 is 0.722 bits per heavy atom. The summed E-state index contributed by atoms with van der Waals surface area (Å²) in [6, 6.07) is 62.2. The van der Waals surface area contributed by atoms with Gasteiger partial charge in [-0.3, -0.25) is 0 Å². The molecule has 0 spiro atoms. The number of allylic oxidation sites excluding steroid dienone is 1. The second-order valence-electron chi connectivity index (χ2n) is 26.1. The first-order valence-corrected chi connectivity index (χ1v) is 27.7. The molecular weight excluding hydrogens is 961 g/mol. The van der Waals surface area contributed by atoms with E-state index in [0.717, 1.165) is 94.4 Å². The number of nitrogens with zero attached hydrogens (tertiary/aromatic N) is 6. The van der Waals surface area contributed by atoms with Crippen molar-refractivity contribution < 1.29 is 0 Å². The highest BCUT2D eigenvalue weighted by atomic mass is 15.1. The normalized spacial score (nSPS) is 14.1. The summed E-state index contributed by atoms with van der Waals surface area (Å²) in [5, 5.41) is 42.0. The third-order valence-corrected chi connectivity index (χ3v) is 16.9. The summed E-state index contributed by atoms with van der Waals surface area (Å²) in [4.78, 5) is 0. The Labute approximate surface area is 464 Å². The molecule has 1 aliphatic rings. The number of aromatic nitrogens is 3. The summed E-state index contributed by atoms with van der Waals surface area (Å²) in [7, 11) is 0. The molecule has 11 aromatic rings. The van der Waals surface area contributed by atoms with Gasteiger partial charge in [0.1, 0.15) is 34.9 Å². The number of nitriles is 3. The predicted molar refractivity (Wildman–Crippen MR) is 329 cm³/mol. The summed E-state index contributed by atoms with van der Waals surface area (Å²) in [6.45, 7) is 27.0. The molecule has 1 atom stereocenters. The van der Waals surface area contributed by atoms with E-state index in [1.807, 2.05) is 12.1 Å². The van der Waals surface area contributed by atoms with Crippen molar-refractivity contribution in [3.63, 3.8) is 0 Å². The molecule has 79 heavy (non-hydrogen) atoms. The lowest BCUT2D eigenvalue weighted by molar-refractivity contribution is 0.291. The SMILES string of the molecule is CC(C)(C)c1ccc2c(c1)c1cc(-c3ccccc3)ccc1n2-c1c(C#N)c(-n2c3c(c4cc(-c5ccccc5)ccc42)CC(C(C)(C)C)C=C3)c(C#N)c(-n2c3ccc(C(C)(C)C)cc3c3cc(C(C)(C)C)ccc32)c1C#N. The van der Waals surface area contributed by atoms with E-state index < -0.39 is 0 Å². The topological polar surface area (TPSA) is 86.2 Å². The standard InChI is InChI=1S/C73H66N6/c1-70(2,3)48-25-31-63-54(37-48)52-35-46(44-19-15-13-16-20-44)23-29-61(52)77(63)67-58(41-74)68(78-62-30-24-47(45-21-17-14-18-22-45)36-53(62)55-38-49(71(4,5)6)26-32-64(55)78)60(43-76)69(59(67)42-75)79-65-33-27-50(72(7,8)9)39-56(65)57-40-51(73(10,11)12)28-34-66(57)79/h13-37,39-40,49H,38H2,1-12H3. The molecule has 12 rings (SSSR count). The molecule has 0 amide bonds. The highest BCUT2D eigenvalue weighted by Crippen LogP contribution is 2.49. The van der Waals surface area contributed by atoms with Gasteiger partial charge < -0.3 is 13.7 Å². The van der Waals surface area contributed by atoms with E-state index in [1.54, 1.807) is 0 Å². The zero-order valence-corrected chi connectivity index (χ0v) is 47.6. The van der Waals surface area contributed by atoms with Gasteiger partial charge in [-0.2, -0.15) is 15.8 Å². The monoisotopic (exact) mass is 1030 g/mol. The first-order valence-electron chi connectivity index (χ1n) is 27.7. The van der Waals surface area contributed by atoms with Gasteiger partial charge in [0.15, 0.2) is 0 Å². The van der Waals surface area contributed by atoms with Gasteiger partial charge >= 0.3 is 0 Å². The Kier molecular flexibility index (Phi) is 11.7. The molecule has 1 aliphatic carbocycles. The van der Waals surface area contributed by atoms with Gasteiger partial charge in [-0.25, -0.2) is 0 Å². The van der Waals surface area contributed by atoms with Crippen molar-refractivity contribution in [3.05, 3.63) is 202 Å². The van der Waals surface area contributed by atoms with Crippen LogP contribution in [-0.2, 0) is 22.7 Å². The van der Waals surface area contributed by atoms with Crippen molar-refractivity contribution >= 4 is 60.6 Å². The summed E-state index contributed by atoms with van der Waals surface area (Å²) < 4.78 is 6.49. The average molecular weight is 1030 g/mol. The third kappa shape index (κ3) is 8.18. The van der Waals surface area contributed by atoms with Crippen molar-refractivity contribution in [3.8, 4) is 57.5 Å². The number of benzene rings is 8. The van der Waals surface area contributed by atoms with Crippen molar-refractivity contribution in [1.82, 2.24) is 13.7 Å². The predicted octanol–water partition coefficient (Wildman–Crippen LogP) is 18.9. The van der Waals surface area contributed by atoms with E-state index in [0.29, 0.717) is 17.1 Å². The Bertz CT molecular complexity index is 4430. The van der Waals surface area contributed by atoms with Crippen LogP contribution < -0.4 is 0 Å². The maximum Gasteiger partial charge on any atom is 0.104 e. The van der Waals surface area contributed by atoms with Crippen molar-refractivity contribution in [1.29, 1.82) is 15.8 Å². The van der Waals surface area contributed by atoms with Gasteiger partial charge in [-0.05, 0) is 145 Å². The quantitative estimate of drug-likeness (QED) is 0.172. The van der Waals surface area contributed by atoms with Crippen LogP contribution in [0.1, 0.15) is 128 Å². The first kappa shape index (κ1) is 50.9. The van der Waals surface area contributed by atoms with Crippen molar-refractivity contribution in [2.24, 2.45) is 11.3 Å². The summed E-state index contributed by atoms with van der Waals surface area (Å²) in [5.41, 5.74) is 15.8. The van der Waals surface area contributed by atoms with Gasteiger partial charge in [0.05, 0.1) is 44.6 Å². The van der Waals surface area contributed by atoms with Crippen LogP contribution in [0.25, 0.3) is 99.9 Å². The number of fused-ring (bicyclic) bond motifs is 9. The molecule has 0 saturated carbocycles. The fourth-order valence-electron chi connectivity index (χ4n) is 12.3. The fourth-order valence-corrected chi connectivity index (χ4v) is 12.3. The van der Waals surface area contributed by atoms with E-state index in [2.05, 4.69) is 267 Å². The largest absolute Gasteiger partial charge is 0.307 e. The average Bonchev–Trinajstić information content (AvgIpc) is 3.48. The molecule has 3 heterocycles. The third-order valence-electron chi connectivity index (χ3n) is 16.9. The van der Waals surface area contributed by atoms with Crippen LogP contribution in [0.4, 0.5) is 0 Å². The molecule has 1 unspecified atom stereocenters. The van der Waals surface area contributed by atoms with Gasteiger partial charge in [-0.1, -0.05) is 180 Å². The van der Waals surface area contributed by atoms with E-state index in [-0.39, 0.29) is 44.3 Å². The molecule has 6 heteroatoms. The molecule has 0 aliphatic heterocycles. The molecule has 0 N–H and O–H groups in total. The smallest absolute Gasteiger partial charge is 0.104 e. The Balaban J connectivity index is 1.31. The second-order valence-corrected chi connectivity index (χ2v) is 26.1. The fraction of sp³-hybridized carbons (Fsp3) is 0.247. The first-order chi connectivity index (χ1) is 37.6. The van der Waals surface area contributed by atoms with E-state index in [4.69, 9.17) is 0 Å². The zero-order chi connectivity index (χ0) is 55.7. The van der Waals surface area contributed by atoms with Crippen molar-refractivity contribution in [2.45, 2.75) is 106 Å². The lowest BCUT2D eigenvalue weighted by atomic mass is 9.74. The molecule has 6 nitrogen and oxygen atoms in total. The summed E-state index contributed by atoms with van der Waals surface area (Å²) in [5.74, 6) is 0.224. The van der Waals surface area contributed by atoms with Crippen LogP contribution in [0.5, 0.6) is 0 Å². The molecule has 0 fully saturated rings. The minimum Gasteiger partial charge on any atom is -0.307 e. The molecule has 388 valence electrons. The second kappa shape index (κ2) is 18.1. The minimum atomic E-state index is -0.172. The Morgan fingerprint density at radius 3 is 1.09 bits per heavy atom. The van der Waals surface area contributed by atoms with Gasteiger partial charge in [0, 0.05) is 32.6 Å². The summed E-state index contributed by atoms with van der Waals surface area (Å²) >= 11 is 0. The lowest BCUT2D eigenvalue weighted by Gasteiger charge is -2.31. The van der Waals surface area contributed by atoms with Gasteiger partial charge in [-0.15, -0.1) is 0 Å². The van der Waals surface area contributed by atoms with Crippen LogP contribution >= 0.6 is 0 Å². The minimum absolute atomic E-state index is 0.0376. The highest BCUT2D eigenvalue weighted by molar-refractivity contribution is 6.13. The maximum atomic E-state index is 12.3. The molecule has 8 aromatic carbocycles. The molecule has 0 bridgehead atoms. The highest BCUT2D eigenvalue weighted by Gasteiger charge is 2.36. The summed E-state index contributed by atoms with van der Waals surface area (Å²) in [6.07, 6.45) is 5.30.